The molecule has 0 aromatic heterocycles. The molecule has 0 fully saturated rings. The normalized spacial score (nSPS) is 17.5. The molecule has 1 heterocycles. The van der Waals surface area contributed by atoms with Crippen LogP contribution >= 0.6 is 23.4 Å². The first-order valence-corrected chi connectivity index (χ1v) is 7.25. The van der Waals surface area contributed by atoms with E-state index in [4.69, 9.17) is 16.3 Å². The van der Waals surface area contributed by atoms with Crippen molar-refractivity contribution in [2.75, 3.05) is 12.9 Å². The Morgan fingerprint density at radius 3 is 2.55 bits per heavy atom. The minimum atomic E-state index is -0.407. The van der Waals surface area contributed by atoms with Crippen molar-refractivity contribution in [1.29, 1.82) is 0 Å². The lowest BCUT2D eigenvalue weighted by Gasteiger charge is -2.13. The van der Waals surface area contributed by atoms with Gasteiger partial charge in [-0.2, -0.15) is 0 Å². The standard InChI is InChI=1S/C13H13ClN2O3S/c1-19-11-7-20-6-10(11)13(18)16-15-12(17)8-2-4-9(14)5-3-8/h2-6,11H,7H2,1H3,(H,15,17)(H,16,18). The van der Waals surface area contributed by atoms with Crippen LogP contribution in [0.25, 0.3) is 0 Å². The summed E-state index contributed by atoms with van der Waals surface area (Å²) in [4.78, 5) is 23.7. The first-order chi connectivity index (χ1) is 9.61. The van der Waals surface area contributed by atoms with Gasteiger partial charge >= 0.3 is 0 Å². The third kappa shape index (κ3) is 3.53. The van der Waals surface area contributed by atoms with E-state index in [1.54, 1.807) is 36.8 Å². The minimum Gasteiger partial charge on any atom is -0.376 e. The van der Waals surface area contributed by atoms with Crippen molar-refractivity contribution in [3.05, 3.63) is 45.8 Å². The third-order valence-electron chi connectivity index (χ3n) is 2.75. The lowest BCUT2D eigenvalue weighted by molar-refractivity contribution is -0.119. The Bertz CT molecular complexity index is 545. The van der Waals surface area contributed by atoms with Gasteiger partial charge in [0, 0.05) is 23.4 Å². The first kappa shape index (κ1) is 14.9. The van der Waals surface area contributed by atoms with Crippen molar-refractivity contribution in [2.24, 2.45) is 0 Å². The Hall–Kier alpha value is -1.50. The van der Waals surface area contributed by atoms with E-state index in [2.05, 4.69) is 10.9 Å². The highest BCUT2D eigenvalue weighted by molar-refractivity contribution is 8.02. The molecule has 0 saturated heterocycles. The first-order valence-electron chi connectivity index (χ1n) is 5.82. The van der Waals surface area contributed by atoms with Crippen LogP contribution in [0, 0.1) is 0 Å². The van der Waals surface area contributed by atoms with Crippen LogP contribution in [-0.4, -0.2) is 30.8 Å². The fraction of sp³-hybridized carbons (Fsp3) is 0.231. The molecule has 5 nitrogen and oxygen atoms in total. The number of hydrazine groups is 1. The number of ether oxygens (including phenoxy) is 1. The molecule has 0 aliphatic carbocycles. The Labute approximate surface area is 125 Å². The fourth-order valence-corrected chi connectivity index (χ4v) is 2.80. The van der Waals surface area contributed by atoms with Crippen LogP contribution in [0.2, 0.25) is 5.02 Å². The van der Waals surface area contributed by atoms with Crippen LogP contribution in [0.5, 0.6) is 0 Å². The number of benzene rings is 1. The minimum absolute atomic E-state index is 0.243. The van der Waals surface area contributed by atoms with Gasteiger partial charge in [0.05, 0.1) is 11.7 Å². The maximum absolute atomic E-state index is 11.9. The van der Waals surface area contributed by atoms with Crippen molar-refractivity contribution in [1.82, 2.24) is 10.9 Å². The molecule has 1 atom stereocenters. The van der Waals surface area contributed by atoms with Crippen molar-refractivity contribution in [3.8, 4) is 0 Å². The number of nitrogens with one attached hydrogen (secondary N) is 2. The predicted molar refractivity (Wildman–Crippen MR) is 78.4 cm³/mol. The van der Waals surface area contributed by atoms with Gasteiger partial charge in [0.1, 0.15) is 0 Å². The van der Waals surface area contributed by atoms with E-state index < -0.39 is 5.91 Å². The second-order valence-electron chi connectivity index (χ2n) is 4.05. The summed E-state index contributed by atoms with van der Waals surface area (Å²) in [7, 11) is 1.55. The highest BCUT2D eigenvalue weighted by Gasteiger charge is 2.25. The molecule has 1 aromatic carbocycles. The van der Waals surface area contributed by atoms with Crippen LogP contribution in [0.1, 0.15) is 10.4 Å². The van der Waals surface area contributed by atoms with Crippen molar-refractivity contribution in [3.63, 3.8) is 0 Å². The van der Waals surface area contributed by atoms with Gasteiger partial charge in [-0.25, -0.2) is 0 Å². The van der Waals surface area contributed by atoms with Crippen LogP contribution in [0.15, 0.2) is 35.2 Å². The topological polar surface area (TPSA) is 67.4 Å². The number of carbonyl (C=O) groups is 2. The van der Waals surface area contributed by atoms with E-state index in [0.717, 1.165) is 0 Å². The second-order valence-corrected chi connectivity index (χ2v) is 5.38. The smallest absolute Gasteiger partial charge is 0.269 e. The number of hydrogen-bond acceptors (Lipinski definition) is 4. The van der Waals surface area contributed by atoms with Crippen molar-refractivity contribution >= 4 is 35.2 Å². The van der Waals surface area contributed by atoms with Crippen molar-refractivity contribution < 1.29 is 14.3 Å². The summed E-state index contributed by atoms with van der Waals surface area (Å²) in [6, 6.07) is 6.36. The maximum Gasteiger partial charge on any atom is 0.269 e. The molecule has 1 aromatic rings. The molecule has 0 saturated carbocycles. The van der Waals surface area contributed by atoms with E-state index in [1.165, 1.54) is 11.8 Å². The number of methoxy groups -OCH3 is 1. The lowest BCUT2D eigenvalue weighted by atomic mass is 10.2. The molecule has 0 spiro atoms. The summed E-state index contributed by atoms with van der Waals surface area (Å²) in [6.07, 6.45) is -0.243. The molecule has 2 rings (SSSR count). The van der Waals surface area contributed by atoms with Crippen molar-refractivity contribution in [2.45, 2.75) is 6.10 Å². The molecule has 7 heteroatoms. The summed E-state index contributed by atoms with van der Waals surface area (Å²) >= 11 is 7.24. The van der Waals surface area contributed by atoms with E-state index >= 15 is 0 Å². The monoisotopic (exact) mass is 312 g/mol. The number of amides is 2. The molecule has 2 N–H and O–H groups in total. The molecule has 1 unspecified atom stereocenters. The van der Waals surface area contributed by atoms with Gasteiger partial charge in [0.15, 0.2) is 0 Å². The molecule has 1 aliphatic heterocycles. The second kappa shape index (κ2) is 6.78. The Kier molecular flexibility index (Phi) is 5.05. The maximum atomic E-state index is 11.9. The number of hydrogen-bond donors (Lipinski definition) is 2. The largest absolute Gasteiger partial charge is 0.376 e. The number of carbonyl (C=O) groups excluding carboxylic acids is 2. The van der Waals surface area contributed by atoms with E-state index in [1.807, 2.05) is 0 Å². The molecule has 106 valence electrons. The number of halogens is 1. The van der Waals surface area contributed by atoms with Gasteiger partial charge in [0.25, 0.3) is 11.8 Å². The Morgan fingerprint density at radius 1 is 1.25 bits per heavy atom. The highest BCUT2D eigenvalue weighted by atomic mass is 35.5. The molecule has 20 heavy (non-hydrogen) atoms. The number of thioether (sulfide) groups is 1. The third-order valence-corrected chi connectivity index (χ3v) is 3.92. The average molecular weight is 313 g/mol. The number of rotatable bonds is 3. The van der Waals surface area contributed by atoms with E-state index in [-0.39, 0.29) is 12.0 Å². The van der Waals surface area contributed by atoms with Gasteiger partial charge in [-0.1, -0.05) is 11.6 Å². The molecule has 0 radical (unpaired) electrons. The van der Waals surface area contributed by atoms with E-state index in [0.29, 0.717) is 21.9 Å². The lowest BCUT2D eigenvalue weighted by Crippen LogP contribution is -2.43. The Morgan fingerprint density at radius 2 is 1.90 bits per heavy atom. The van der Waals surface area contributed by atoms with Gasteiger partial charge in [-0.05, 0) is 29.7 Å². The molecular formula is C13H13ClN2O3S. The van der Waals surface area contributed by atoms with Gasteiger partial charge < -0.3 is 4.74 Å². The zero-order chi connectivity index (χ0) is 14.5. The van der Waals surface area contributed by atoms with Crippen LogP contribution < -0.4 is 10.9 Å². The van der Waals surface area contributed by atoms with Crippen LogP contribution in [-0.2, 0) is 9.53 Å². The summed E-state index contributed by atoms with van der Waals surface area (Å²) in [5, 5.41) is 2.28. The zero-order valence-corrected chi connectivity index (χ0v) is 12.3. The Balaban J connectivity index is 1.90. The predicted octanol–water partition coefficient (Wildman–Crippen LogP) is 1.75. The average Bonchev–Trinajstić information content (AvgIpc) is 2.93. The summed E-state index contributed by atoms with van der Waals surface area (Å²) in [5.41, 5.74) is 5.64. The summed E-state index contributed by atoms with van der Waals surface area (Å²) in [6.45, 7) is 0. The molecular weight excluding hydrogens is 300 g/mol. The summed E-state index contributed by atoms with van der Waals surface area (Å²) in [5.74, 6) is -0.0795. The summed E-state index contributed by atoms with van der Waals surface area (Å²) < 4.78 is 5.17. The molecule has 0 bridgehead atoms. The molecule has 2 amide bonds. The van der Waals surface area contributed by atoms with Crippen LogP contribution in [0.4, 0.5) is 0 Å². The van der Waals surface area contributed by atoms with Gasteiger partial charge in [-0.3, -0.25) is 20.4 Å². The zero-order valence-electron chi connectivity index (χ0n) is 10.7. The fourth-order valence-electron chi connectivity index (χ4n) is 1.64. The van der Waals surface area contributed by atoms with Gasteiger partial charge in [0.2, 0.25) is 0 Å². The van der Waals surface area contributed by atoms with Gasteiger partial charge in [-0.15, -0.1) is 11.8 Å². The van der Waals surface area contributed by atoms with Crippen LogP contribution in [0.3, 0.4) is 0 Å². The SMILES string of the molecule is COC1CSC=C1C(=O)NNC(=O)c1ccc(Cl)cc1. The van der Waals surface area contributed by atoms with E-state index in [9.17, 15) is 9.59 Å². The quantitative estimate of drug-likeness (QED) is 0.834. The highest BCUT2D eigenvalue weighted by Crippen LogP contribution is 2.24. The molecule has 1 aliphatic rings.